The molecule has 12 rings (SSSR count). The molecule has 8 aromatic rings. The SMILES string of the molecule is CC[N+]1=c2cc3c(cc2C(C)CC1(C)C)=C(c1ccc(C)cc1C)c1ccc(N(C)c2ccc(O)cc2)cc1[Si]3(C)C.CC[N+]1=c2cc3c(cc2C(C)CC1(C)C)=C(c1ccc(CCl)cc1C)c1ccc(N(C)c2ccc(O)cc2)cc1[Si]3(C)C.[Cl-].[Cl-]. The number of alkyl halides is 1. The van der Waals surface area contributed by atoms with Gasteiger partial charge in [0.25, 0.3) is 0 Å². The highest BCUT2D eigenvalue weighted by Crippen LogP contribution is 2.37. The number of phenolic OH excluding ortho intramolecular Hbond substituents is 2. The highest BCUT2D eigenvalue weighted by atomic mass is 35.5. The van der Waals surface area contributed by atoms with Crippen LogP contribution in [-0.2, 0) is 5.88 Å². The zero-order chi connectivity index (χ0) is 61.0. The molecule has 0 radical (unpaired) electrons. The molecule has 0 saturated heterocycles. The molecular weight excluding hydrogens is 1160 g/mol. The quantitative estimate of drug-likeness (QED) is 0.101. The Morgan fingerprint density at radius 3 is 1.22 bits per heavy atom. The Bertz CT molecular complexity index is 4290. The third kappa shape index (κ3) is 11.3. The lowest BCUT2D eigenvalue weighted by atomic mass is 9.82. The van der Waals surface area contributed by atoms with Crippen molar-refractivity contribution in [2.75, 3.05) is 37.0 Å². The minimum absolute atomic E-state index is 0. The second-order valence-electron chi connectivity index (χ2n) is 27.4. The van der Waals surface area contributed by atoms with E-state index >= 15 is 0 Å². The lowest BCUT2D eigenvalue weighted by molar-refractivity contribution is -0.00100. The number of rotatable bonds is 9. The van der Waals surface area contributed by atoms with Crippen LogP contribution in [0.5, 0.6) is 11.5 Å². The van der Waals surface area contributed by atoms with Crippen molar-refractivity contribution in [2.24, 2.45) is 0 Å². The first-order valence-corrected chi connectivity index (χ1v) is 37.5. The van der Waals surface area contributed by atoms with Crippen LogP contribution in [0.25, 0.3) is 11.1 Å². The standard InChI is InChI=1S/C38H43ClN2OSi.C38H44N2OSi.2ClH/c1-9-41-34-21-36-33(20-32(34)25(3)22-38(41,4)5)37(30-16-10-26(23-39)18-24(30)2)31-17-13-28(19-35(31)43(36,7)8)40(6)27-11-14-29(42)15-12-27;1-10-40-34-22-36-33(21-32(34)26(4)23-38(40,5)6)37(30-17-11-24(2)19-25(30)3)31-18-14-28(20-35(31)42(36,8)9)39(7)27-12-15-29(41)16-13-27;;/h10-21,25H,9,22-23H2,1-8H3;11-22,26H,10,23H2,1-9H3;2*1H. The molecule has 8 aromatic carbocycles. The monoisotopic (exact) mass is 1250 g/mol. The maximum atomic E-state index is 9.86. The predicted octanol–water partition coefficient (Wildman–Crippen LogP) is 6.35. The van der Waals surface area contributed by atoms with E-state index in [1.807, 2.05) is 24.3 Å². The van der Waals surface area contributed by atoms with Crippen LogP contribution in [0.3, 0.4) is 0 Å². The molecule has 4 aliphatic rings. The van der Waals surface area contributed by atoms with Crippen LogP contribution in [0.2, 0.25) is 26.2 Å². The van der Waals surface area contributed by atoms with Gasteiger partial charge in [-0.05, 0) is 240 Å². The molecule has 2 N–H and O–H groups in total. The van der Waals surface area contributed by atoms with Gasteiger partial charge in [0.15, 0.2) is 11.1 Å². The van der Waals surface area contributed by atoms with Crippen LogP contribution < -0.4 is 85.7 Å². The topological polar surface area (TPSA) is 53.0 Å². The maximum Gasteiger partial charge on any atom is 0.203 e. The van der Waals surface area contributed by atoms with Crippen molar-refractivity contribution in [3.05, 3.63) is 222 Å². The average molecular weight is 1250 g/mol. The molecule has 2 unspecified atom stereocenters. The second kappa shape index (κ2) is 24.2. The molecule has 4 aliphatic heterocycles. The summed E-state index contributed by atoms with van der Waals surface area (Å²) in [7, 11) is -0.0127. The predicted molar refractivity (Wildman–Crippen MR) is 368 cm³/mol. The van der Waals surface area contributed by atoms with Crippen molar-refractivity contribution in [1.82, 2.24) is 9.15 Å². The van der Waals surface area contributed by atoms with Gasteiger partial charge in [-0.1, -0.05) is 94.1 Å². The normalized spacial score (nSPS) is 17.8. The first-order valence-electron chi connectivity index (χ1n) is 31.0. The number of aryl methyl sites for hydroxylation is 3. The van der Waals surface area contributed by atoms with E-state index in [-0.39, 0.29) is 47.4 Å². The summed E-state index contributed by atoms with van der Waals surface area (Å²) in [4.78, 5) is 4.45. The molecule has 87 heavy (non-hydrogen) atoms. The van der Waals surface area contributed by atoms with Gasteiger partial charge in [-0.15, -0.1) is 11.6 Å². The summed E-state index contributed by atoms with van der Waals surface area (Å²) in [5, 5.41) is 31.4. The van der Waals surface area contributed by atoms with Gasteiger partial charge in [-0.2, -0.15) is 0 Å². The Balaban J connectivity index is 0.000000203. The van der Waals surface area contributed by atoms with Gasteiger partial charge in [0.2, 0.25) is 10.7 Å². The van der Waals surface area contributed by atoms with Crippen molar-refractivity contribution in [1.29, 1.82) is 0 Å². The molecule has 0 aromatic heterocycles. The lowest BCUT2D eigenvalue weighted by Crippen LogP contribution is -3.00. The minimum atomic E-state index is -2.13. The Morgan fingerprint density at radius 2 is 0.851 bits per heavy atom. The third-order valence-electron chi connectivity index (χ3n) is 20.1. The molecule has 2 atom stereocenters. The van der Waals surface area contributed by atoms with Gasteiger partial charge in [-0.3, -0.25) is 0 Å². The zero-order valence-corrected chi connectivity index (χ0v) is 58.6. The summed E-state index contributed by atoms with van der Waals surface area (Å²) in [5.41, 5.74) is 20.8. The van der Waals surface area contributed by atoms with Gasteiger partial charge in [0.1, 0.15) is 40.7 Å². The summed E-state index contributed by atoms with van der Waals surface area (Å²) in [5.74, 6) is 2.09. The fourth-order valence-corrected chi connectivity index (χ4v) is 21.9. The van der Waals surface area contributed by atoms with Gasteiger partial charge in [-0.25, -0.2) is 9.15 Å². The Morgan fingerprint density at radius 1 is 0.483 bits per heavy atom. The molecular formula is C76H89Cl3N4O2Si2. The Hall–Kier alpha value is -6.40. The summed E-state index contributed by atoms with van der Waals surface area (Å²) < 4.78 is 5.28. The molecule has 0 amide bonds. The van der Waals surface area contributed by atoms with Crippen molar-refractivity contribution in [2.45, 2.75) is 144 Å². The van der Waals surface area contributed by atoms with E-state index in [1.165, 1.54) is 109 Å². The van der Waals surface area contributed by atoms with Crippen molar-refractivity contribution < 1.29 is 35.0 Å². The number of nitrogens with zero attached hydrogens (tertiary/aromatic N) is 4. The summed E-state index contributed by atoms with van der Waals surface area (Å²) in [6.45, 7) is 37.9. The van der Waals surface area contributed by atoms with E-state index in [9.17, 15) is 10.2 Å². The van der Waals surface area contributed by atoms with Crippen molar-refractivity contribution in [3.8, 4) is 11.5 Å². The van der Waals surface area contributed by atoms with Gasteiger partial charge >= 0.3 is 0 Å². The van der Waals surface area contributed by atoms with Crippen molar-refractivity contribution in [3.63, 3.8) is 0 Å². The molecule has 0 spiro atoms. The summed E-state index contributed by atoms with van der Waals surface area (Å²) in [6, 6.07) is 53.1. The number of hydrogen-bond donors (Lipinski definition) is 2. The fraction of sp³-hybridized carbons (Fsp3) is 0.342. The van der Waals surface area contributed by atoms with Crippen LogP contribution in [0.4, 0.5) is 22.7 Å². The molecule has 454 valence electrons. The van der Waals surface area contributed by atoms with Crippen LogP contribution >= 0.6 is 11.6 Å². The van der Waals surface area contributed by atoms with Crippen LogP contribution in [0, 0.1) is 20.8 Å². The van der Waals surface area contributed by atoms with Crippen molar-refractivity contribution >= 4 is 82.4 Å². The highest BCUT2D eigenvalue weighted by molar-refractivity contribution is 7.02. The largest absolute Gasteiger partial charge is 1.00 e. The number of anilines is 4. The summed E-state index contributed by atoms with van der Waals surface area (Å²) in [6.07, 6.45) is 2.31. The summed E-state index contributed by atoms with van der Waals surface area (Å²) >= 11 is 6.26. The fourth-order valence-electron chi connectivity index (χ4n) is 15.6. The number of halogens is 3. The van der Waals surface area contributed by atoms with E-state index in [4.69, 9.17) is 11.6 Å². The first-order chi connectivity index (χ1) is 40.2. The Labute approximate surface area is 537 Å². The lowest BCUT2D eigenvalue weighted by Gasteiger charge is -2.36. The van der Waals surface area contributed by atoms with Crippen LogP contribution in [-0.4, -0.2) is 64.6 Å². The number of aromatic hydroxyl groups is 2. The van der Waals surface area contributed by atoms with E-state index in [1.54, 1.807) is 24.3 Å². The minimum Gasteiger partial charge on any atom is -1.00 e. The van der Waals surface area contributed by atoms with Crippen LogP contribution in [0.1, 0.15) is 136 Å². The van der Waals surface area contributed by atoms with E-state index in [0.717, 1.165) is 48.6 Å². The molecule has 6 nitrogen and oxygen atoms in total. The van der Waals surface area contributed by atoms with Gasteiger partial charge in [0.05, 0.1) is 0 Å². The molecule has 0 saturated carbocycles. The van der Waals surface area contributed by atoms with Gasteiger partial charge in [0, 0.05) is 78.8 Å². The van der Waals surface area contributed by atoms with E-state index in [2.05, 4.69) is 232 Å². The van der Waals surface area contributed by atoms with Gasteiger partial charge < -0.3 is 44.8 Å². The number of fused-ring (bicyclic) bond motifs is 6. The number of hydrogen-bond acceptors (Lipinski definition) is 4. The van der Waals surface area contributed by atoms with E-state index in [0.29, 0.717) is 17.7 Å². The zero-order valence-electron chi connectivity index (χ0n) is 54.4. The third-order valence-corrected chi connectivity index (χ3v) is 27.4. The Kier molecular flexibility index (Phi) is 18.1. The smallest absolute Gasteiger partial charge is 0.203 e. The highest BCUT2D eigenvalue weighted by Gasteiger charge is 2.44. The second-order valence-corrected chi connectivity index (χ2v) is 36.4. The maximum absolute atomic E-state index is 9.86. The van der Waals surface area contributed by atoms with E-state index < -0.39 is 16.1 Å². The van der Waals surface area contributed by atoms with Crippen LogP contribution in [0.15, 0.2) is 146 Å². The average Bonchev–Trinajstić information content (AvgIpc) is 0.812. The molecule has 0 bridgehead atoms. The molecule has 4 heterocycles. The molecule has 11 heteroatoms. The number of phenols is 2. The number of benzene rings is 8. The first kappa shape index (κ1) is 65.1. The molecule has 0 fully saturated rings. The molecule has 0 aliphatic carbocycles.